The van der Waals surface area contributed by atoms with E-state index >= 15 is 0 Å². The summed E-state index contributed by atoms with van der Waals surface area (Å²) in [6.07, 6.45) is 7.56. The van der Waals surface area contributed by atoms with Crippen LogP contribution in [-0.2, 0) is 5.41 Å². The Hall–Kier alpha value is -0.920. The van der Waals surface area contributed by atoms with Crippen LogP contribution in [0.3, 0.4) is 0 Å². The van der Waals surface area contributed by atoms with Gasteiger partial charge in [0.25, 0.3) is 0 Å². The van der Waals surface area contributed by atoms with Gasteiger partial charge >= 0.3 is 0 Å². The molecule has 24 heavy (non-hydrogen) atoms. The Kier molecular flexibility index (Phi) is 5.62. The molecule has 2 aliphatic rings. The Bertz CT molecular complexity index is 658. The van der Waals surface area contributed by atoms with Crippen molar-refractivity contribution in [3.63, 3.8) is 0 Å². The minimum atomic E-state index is -0.324. The lowest BCUT2D eigenvalue weighted by molar-refractivity contribution is 0.117. The van der Waals surface area contributed by atoms with E-state index in [-0.39, 0.29) is 17.6 Å². The van der Waals surface area contributed by atoms with Gasteiger partial charge in [0, 0.05) is 23.0 Å². The molecular weight excluding hydrogens is 413 g/mol. The molecule has 1 heterocycles. The maximum atomic E-state index is 10.5. The molecule has 0 saturated carbocycles. The van der Waals surface area contributed by atoms with Crippen LogP contribution in [0.5, 0.6) is 0 Å². The molecule has 0 aromatic heterocycles. The minimum Gasteiger partial charge on any atom is -0.392 e. The molecular formula is C19H26IN3O. The number of aliphatic hydroxyl groups is 1. The highest BCUT2D eigenvalue weighted by atomic mass is 127. The molecule has 0 bridgehead atoms. The van der Waals surface area contributed by atoms with Gasteiger partial charge in [-0.15, -0.1) is 0 Å². The lowest BCUT2D eigenvalue weighted by Gasteiger charge is -2.46. The number of halogens is 1. The molecule has 0 amide bonds. The Labute approximate surface area is 158 Å². The number of fused-ring (bicyclic) bond motifs is 2. The van der Waals surface area contributed by atoms with E-state index in [0.29, 0.717) is 0 Å². The fourth-order valence-corrected chi connectivity index (χ4v) is 4.77. The third-order valence-electron chi connectivity index (χ3n) is 5.36. The molecule has 1 aliphatic carbocycles. The molecule has 5 heteroatoms. The van der Waals surface area contributed by atoms with E-state index in [1.165, 1.54) is 9.13 Å². The van der Waals surface area contributed by atoms with Gasteiger partial charge in [-0.1, -0.05) is 6.07 Å². The van der Waals surface area contributed by atoms with Crippen LogP contribution in [-0.4, -0.2) is 31.0 Å². The molecule has 1 aliphatic heterocycles. The van der Waals surface area contributed by atoms with Gasteiger partial charge in [-0.2, -0.15) is 0 Å². The Morgan fingerprint density at radius 2 is 2.29 bits per heavy atom. The van der Waals surface area contributed by atoms with Gasteiger partial charge in [0.15, 0.2) is 0 Å². The van der Waals surface area contributed by atoms with Gasteiger partial charge in [-0.05, 0) is 90.4 Å². The lowest BCUT2D eigenvalue weighted by Crippen LogP contribution is -2.49. The van der Waals surface area contributed by atoms with Crippen LogP contribution in [0.2, 0.25) is 0 Å². The molecule has 2 unspecified atom stereocenters. The molecule has 3 atom stereocenters. The predicted octanol–water partition coefficient (Wildman–Crippen LogP) is 3.26. The fraction of sp³-hybridized carbons (Fsp3) is 0.526. The number of rotatable bonds is 3. The van der Waals surface area contributed by atoms with Crippen molar-refractivity contribution in [1.29, 1.82) is 0 Å². The van der Waals surface area contributed by atoms with Crippen LogP contribution in [0.25, 0.3) is 0 Å². The number of aliphatic hydroxyl groups excluding tert-OH is 1. The summed E-state index contributed by atoms with van der Waals surface area (Å²) in [5.74, 6) is 0. The van der Waals surface area contributed by atoms with Gasteiger partial charge in [-0.25, -0.2) is 0 Å². The number of nitrogens with one attached hydrogen (secondary N) is 2. The Morgan fingerprint density at radius 3 is 3.04 bits per heavy atom. The van der Waals surface area contributed by atoms with E-state index in [1.807, 2.05) is 26.4 Å². The van der Waals surface area contributed by atoms with Crippen LogP contribution in [0.1, 0.15) is 49.8 Å². The number of hydrogen-bond acceptors (Lipinski definition) is 4. The van der Waals surface area contributed by atoms with Crippen molar-refractivity contribution in [1.82, 2.24) is 10.6 Å². The average molecular weight is 439 g/mol. The molecule has 1 aromatic rings. The normalized spacial score (nSPS) is 30.6. The van der Waals surface area contributed by atoms with Crippen LogP contribution < -0.4 is 10.6 Å². The molecule has 1 aromatic carbocycles. The third-order valence-corrected chi connectivity index (χ3v) is 6.03. The lowest BCUT2D eigenvalue weighted by atomic mass is 9.62. The third kappa shape index (κ3) is 3.39. The first kappa shape index (κ1) is 17.9. The predicted molar refractivity (Wildman–Crippen MR) is 107 cm³/mol. The van der Waals surface area contributed by atoms with E-state index in [0.717, 1.165) is 43.5 Å². The van der Waals surface area contributed by atoms with Crippen molar-refractivity contribution < 1.29 is 5.11 Å². The van der Waals surface area contributed by atoms with Gasteiger partial charge in [0.1, 0.15) is 0 Å². The van der Waals surface area contributed by atoms with Crippen LogP contribution in [0, 0.1) is 3.57 Å². The SMILES string of the molecule is CC=N/C(=C\NC)[C@@H]1CC2(CCN1)CCC(O)c1cc(I)ccc12. The highest BCUT2D eigenvalue weighted by Crippen LogP contribution is 2.48. The smallest absolute Gasteiger partial charge is 0.0793 e. The summed E-state index contributed by atoms with van der Waals surface area (Å²) in [6.45, 7) is 2.93. The molecule has 1 saturated heterocycles. The van der Waals surface area contributed by atoms with Crippen molar-refractivity contribution in [2.45, 2.75) is 50.2 Å². The second kappa shape index (κ2) is 7.54. The van der Waals surface area contributed by atoms with Gasteiger partial charge < -0.3 is 15.7 Å². The second-order valence-corrected chi connectivity index (χ2v) is 8.02. The molecule has 3 rings (SSSR count). The Morgan fingerprint density at radius 1 is 1.46 bits per heavy atom. The number of nitrogens with zero attached hydrogens (tertiary/aromatic N) is 1. The molecule has 1 fully saturated rings. The number of piperidine rings is 1. The Balaban J connectivity index is 1.97. The molecule has 130 valence electrons. The van der Waals surface area contributed by atoms with E-state index in [9.17, 15) is 5.11 Å². The fourth-order valence-electron chi connectivity index (χ4n) is 4.25. The van der Waals surface area contributed by atoms with Crippen molar-refractivity contribution >= 4 is 28.8 Å². The monoisotopic (exact) mass is 439 g/mol. The topological polar surface area (TPSA) is 56.7 Å². The summed E-state index contributed by atoms with van der Waals surface area (Å²) in [7, 11) is 1.91. The zero-order chi connectivity index (χ0) is 17.2. The number of hydrogen-bond donors (Lipinski definition) is 3. The van der Waals surface area contributed by atoms with E-state index < -0.39 is 0 Å². The molecule has 1 spiro atoms. The average Bonchev–Trinajstić information content (AvgIpc) is 2.59. The highest BCUT2D eigenvalue weighted by Gasteiger charge is 2.43. The second-order valence-electron chi connectivity index (χ2n) is 6.77. The summed E-state index contributed by atoms with van der Waals surface area (Å²) >= 11 is 2.33. The van der Waals surface area contributed by atoms with Gasteiger partial charge in [0.05, 0.1) is 17.8 Å². The van der Waals surface area contributed by atoms with Gasteiger partial charge in [0.2, 0.25) is 0 Å². The first-order chi connectivity index (χ1) is 11.6. The minimum absolute atomic E-state index is 0.144. The summed E-state index contributed by atoms with van der Waals surface area (Å²) in [4.78, 5) is 4.56. The van der Waals surface area contributed by atoms with Crippen molar-refractivity contribution in [2.24, 2.45) is 4.99 Å². The van der Waals surface area contributed by atoms with Crippen LogP contribution in [0.15, 0.2) is 35.1 Å². The summed E-state index contributed by atoms with van der Waals surface area (Å²) in [5.41, 5.74) is 3.67. The van der Waals surface area contributed by atoms with Crippen molar-refractivity contribution in [3.05, 3.63) is 44.8 Å². The first-order valence-corrected chi connectivity index (χ1v) is 9.75. The van der Waals surface area contributed by atoms with Gasteiger partial charge in [-0.3, -0.25) is 4.99 Å². The number of benzene rings is 1. The maximum Gasteiger partial charge on any atom is 0.0793 e. The van der Waals surface area contributed by atoms with Crippen LogP contribution in [0.4, 0.5) is 0 Å². The zero-order valence-corrected chi connectivity index (χ0v) is 16.5. The van der Waals surface area contributed by atoms with Crippen LogP contribution >= 0.6 is 22.6 Å². The van der Waals surface area contributed by atoms with E-state index in [1.54, 1.807) is 0 Å². The summed E-state index contributed by atoms with van der Waals surface area (Å²) in [6, 6.07) is 6.81. The van der Waals surface area contributed by atoms with Crippen molar-refractivity contribution in [2.75, 3.05) is 13.6 Å². The summed E-state index contributed by atoms with van der Waals surface area (Å²) in [5, 5.41) is 17.2. The summed E-state index contributed by atoms with van der Waals surface area (Å²) < 4.78 is 1.19. The highest BCUT2D eigenvalue weighted by molar-refractivity contribution is 14.1. The van der Waals surface area contributed by atoms with Crippen molar-refractivity contribution in [3.8, 4) is 0 Å². The number of aliphatic imine (C=N–C) groups is 1. The maximum absolute atomic E-state index is 10.5. The molecule has 4 nitrogen and oxygen atoms in total. The van der Waals surface area contributed by atoms with E-state index in [2.05, 4.69) is 56.4 Å². The standard InChI is InChI=1S/C19H26IN3O/c1-3-22-17(12-21-2)16-11-19(8-9-23-16)7-6-18(24)14-10-13(20)4-5-15(14)19/h3-5,10,12,16,18,21,23-24H,6-9,11H2,1-2H3/b17-12-,22-3?/t16-,18?,19?/m0/s1. The first-order valence-electron chi connectivity index (χ1n) is 8.67. The quantitative estimate of drug-likeness (QED) is 0.501. The molecule has 0 radical (unpaired) electrons. The van der Waals surface area contributed by atoms with E-state index in [4.69, 9.17) is 0 Å². The largest absolute Gasteiger partial charge is 0.392 e. The molecule has 3 N–H and O–H groups in total. The zero-order valence-electron chi connectivity index (χ0n) is 14.3.